The molecule has 0 saturated heterocycles. The molecule has 12 aromatic rings. The van der Waals surface area contributed by atoms with E-state index in [1.165, 1.54) is 53.1 Å². The maximum absolute atomic E-state index is 2.39. The van der Waals surface area contributed by atoms with Crippen LogP contribution < -0.4 is 9.80 Å². The standard InChI is InChI=1S/C60H41N3S/c1-4-16-42(17-5-1)43-30-33-48(34-31-43)62(49-23-14-18-44(38-49)45-32-36-54-53-26-10-12-28-57(53)63(58(54)39-45)47-21-8-3-9-22-47)51-25-15-24-50(40-51)61(46-19-6-2-7-20-46)52-35-37-60-56(41-52)55-27-11-13-29-59(55)64-60/h1-41H. The number of fused-ring (bicyclic) bond motifs is 6. The summed E-state index contributed by atoms with van der Waals surface area (Å²) < 4.78 is 4.98. The SMILES string of the molecule is c1ccc(-c2ccc(N(c3cccc(-c4ccc5c6ccccc6n(-c6ccccc6)c5c4)c3)c3cccc(N(c4ccccc4)c4ccc5sc6ccccc6c5c4)c3)cc2)cc1. The predicted molar refractivity (Wildman–Crippen MR) is 274 cm³/mol. The summed E-state index contributed by atoms with van der Waals surface area (Å²) in [5.74, 6) is 0. The highest BCUT2D eigenvalue weighted by molar-refractivity contribution is 7.25. The van der Waals surface area contributed by atoms with E-state index in [1.807, 2.05) is 11.3 Å². The lowest BCUT2D eigenvalue weighted by atomic mass is 10.0. The van der Waals surface area contributed by atoms with Crippen LogP contribution in [0.1, 0.15) is 0 Å². The van der Waals surface area contributed by atoms with Crippen molar-refractivity contribution in [2.75, 3.05) is 9.80 Å². The Hall–Kier alpha value is -8.18. The van der Waals surface area contributed by atoms with Gasteiger partial charge in [0.2, 0.25) is 0 Å². The fraction of sp³-hybridized carbons (Fsp3) is 0. The van der Waals surface area contributed by atoms with Crippen LogP contribution in [0.4, 0.5) is 34.1 Å². The van der Waals surface area contributed by atoms with Crippen LogP contribution in [-0.2, 0) is 0 Å². The first-order chi connectivity index (χ1) is 31.7. The van der Waals surface area contributed by atoms with Crippen molar-refractivity contribution >= 4 is 87.4 Å². The molecule has 302 valence electrons. The molecule has 2 aromatic heterocycles. The van der Waals surface area contributed by atoms with Crippen LogP contribution in [0, 0.1) is 0 Å². The van der Waals surface area contributed by atoms with Crippen LogP contribution in [0.25, 0.3) is 69.9 Å². The lowest BCUT2D eigenvalue weighted by Gasteiger charge is -2.29. The maximum atomic E-state index is 2.39. The van der Waals surface area contributed by atoms with Crippen LogP contribution in [0.2, 0.25) is 0 Å². The number of hydrogen-bond acceptors (Lipinski definition) is 3. The van der Waals surface area contributed by atoms with Crippen LogP contribution in [-0.4, -0.2) is 4.57 Å². The summed E-state index contributed by atoms with van der Waals surface area (Å²) in [5, 5.41) is 5.05. The van der Waals surface area contributed by atoms with Crippen molar-refractivity contribution in [1.29, 1.82) is 0 Å². The Morgan fingerprint density at radius 3 is 1.52 bits per heavy atom. The summed E-state index contributed by atoms with van der Waals surface area (Å²) >= 11 is 1.85. The van der Waals surface area contributed by atoms with E-state index in [0.717, 1.165) is 50.9 Å². The van der Waals surface area contributed by atoms with Crippen LogP contribution in [0.15, 0.2) is 249 Å². The lowest BCUT2D eigenvalue weighted by molar-refractivity contribution is 1.18. The summed E-state index contributed by atoms with van der Waals surface area (Å²) in [6.07, 6.45) is 0. The summed E-state index contributed by atoms with van der Waals surface area (Å²) in [6, 6.07) is 90.1. The summed E-state index contributed by atoms with van der Waals surface area (Å²) in [5.41, 5.74) is 14.7. The summed E-state index contributed by atoms with van der Waals surface area (Å²) in [6.45, 7) is 0. The highest BCUT2D eigenvalue weighted by Crippen LogP contribution is 2.44. The van der Waals surface area contributed by atoms with Gasteiger partial charge in [0, 0.05) is 70.8 Å². The van der Waals surface area contributed by atoms with Gasteiger partial charge in [-0.05, 0) is 125 Å². The van der Waals surface area contributed by atoms with E-state index in [-0.39, 0.29) is 0 Å². The van der Waals surface area contributed by atoms with E-state index < -0.39 is 0 Å². The van der Waals surface area contributed by atoms with Gasteiger partial charge in [0.05, 0.1) is 11.0 Å². The second kappa shape index (κ2) is 15.9. The Labute approximate surface area is 376 Å². The van der Waals surface area contributed by atoms with Gasteiger partial charge >= 0.3 is 0 Å². The van der Waals surface area contributed by atoms with E-state index in [0.29, 0.717) is 0 Å². The smallest absolute Gasteiger partial charge is 0.0547 e. The molecule has 0 aliphatic heterocycles. The first-order valence-electron chi connectivity index (χ1n) is 21.7. The molecule has 4 heteroatoms. The molecule has 0 aliphatic rings. The molecule has 0 unspecified atom stereocenters. The van der Waals surface area contributed by atoms with E-state index in [4.69, 9.17) is 0 Å². The number of rotatable bonds is 9. The highest BCUT2D eigenvalue weighted by atomic mass is 32.1. The fourth-order valence-electron chi connectivity index (χ4n) is 9.36. The number of para-hydroxylation sites is 3. The maximum Gasteiger partial charge on any atom is 0.0547 e. The second-order valence-corrected chi connectivity index (χ2v) is 17.3. The topological polar surface area (TPSA) is 11.4 Å². The molecule has 64 heavy (non-hydrogen) atoms. The van der Waals surface area contributed by atoms with Gasteiger partial charge in [0.15, 0.2) is 0 Å². The monoisotopic (exact) mass is 835 g/mol. The normalized spacial score (nSPS) is 11.4. The molecular weight excluding hydrogens is 795 g/mol. The van der Waals surface area contributed by atoms with Gasteiger partial charge in [0.25, 0.3) is 0 Å². The average molecular weight is 836 g/mol. The van der Waals surface area contributed by atoms with Gasteiger partial charge in [-0.3, -0.25) is 0 Å². The minimum absolute atomic E-state index is 1.06. The zero-order valence-corrected chi connectivity index (χ0v) is 35.7. The van der Waals surface area contributed by atoms with Gasteiger partial charge in [-0.2, -0.15) is 0 Å². The molecule has 2 heterocycles. The Balaban J connectivity index is 1.01. The molecule has 0 amide bonds. The van der Waals surface area contributed by atoms with Crippen molar-refractivity contribution in [2.24, 2.45) is 0 Å². The van der Waals surface area contributed by atoms with Gasteiger partial charge in [-0.25, -0.2) is 0 Å². The number of benzene rings is 10. The van der Waals surface area contributed by atoms with Gasteiger partial charge in [-0.1, -0.05) is 146 Å². The number of anilines is 6. The highest BCUT2D eigenvalue weighted by Gasteiger charge is 2.20. The number of thiophene rings is 1. The third-order valence-electron chi connectivity index (χ3n) is 12.3. The third-order valence-corrected chi connectivity index (χ3v) is 13.5. The minimum Gasteiger partial charge on any atom is -0.310 e. The third kappa shape index (κ3) is 6.69. The van der Waals surface area contributed by atoms with Gasteiger partial charge < -0.3 is 14.4 Å². The van der Waals surface area contributed by atoms with E-state index >= 15 is 0 Å². The fourth-order valence-corrected chi connectivity index (χ4v) is 10.4. The minimum atomic E-state index is 1.06. The Kier molecular flexibility index (Phi) is 9.36. The predicted octanol–water partition coefficient (Wildman–Crippen LogP) is 17.4. The Bertz CT molecular complexity index is 3610. The van der Waals surface area contributed by atoms with Crippen molar-refractivity contribution in [3.05, 3.63) is 249 Å². The molecule has 0 N–H and O–H groups in total. The van der Waals surface area contributed by atoms with Crippen molar-refractivity contribution < 1.29 is 0 Å². The summed E-state index contributed by atoms with van der Waals surface area (Å²) in [7, 11) is 0. The van der Waals surface area contributed by atoms with E-state index in [9.17, 15) is 0 Å². The molecule has 12 rings (SSSR count). The zero-order chi connectivity index (χ0) is 42.4. The molecule has 10 aromatic carbocycles. The van der Waals surface area contributed by atoms with E-state index in [1.54, 1.807) is 0 Å². The largest absolute Gasteiger partial charge is 0.310 e. The van der Waals surface area contributed by atoms with Gasteiger partial charge in [0.1, 0.15) is 0 Å². The molecule has 0 radical (unpaired) electrons. The molecule has 0 aliphatic carbocycles. The molecule has 0 saturated carbocycles. The van der Waals surface area contributed by atoms with Crippen LogP contribution >= 0.6 is 11.3 Å². The van der Waals surface area contributed by atoms with E-state index in [2.05, 4.69) is 263 Å². The second-order valence-electron chi connectivity index (χ2n) is 16.2. The van der Waals surface area contributed by atoms with Crippen LogP contribution in [0.3, 0.4) is 0 Å². The zero-order valence-electron chi connectivity index (χ0n) is 34.9. The molecule has 0 atom stereocenters. The van der Waals surface area contributed by atoms with Crippen molar-refractivity contribution in [3.63, 3.8) is 0 Å². The van der Waals surface area contributed by atoms with Crippen molar-refractivity contribution in [3.8, 4) is 27.9 Å². The van der Waals surface area contributed by atoms with Gasteiger partial charge in [-0.15, -0.1) is 11.3 Å². The first kappa shape index (κ1) is 37.6. The molecule has 0 bridgehead atoms. The molecular formula is C60H41N3S. The molecule has 0 fully saturated rings. The molecule has 0 spiro atoms. The molecule has 3 nitrogen and oxygen atoms in total. The average Bonchev–Trinajstić information content (AvgIpc) is 3.91. The number of nitrogens with zero attached hydrogens (tertiary/aromatic N) is 3. The quantitative estimate of drug-likeness (QED) is 0.143. The van der Waals surface area contributed by atoms with Crippen molar-refractivity contribution in [2.45, 2.75) is 0 Å². The van der Waals surface area contributed by atoms with Crippen molar-refractivity contribution in [1.82, 2.24) is 4.57 Å². The Morgan fingerprint density at radius 2 is 0.750 bits per heavy atom. The number of hydrogen-bond donors (Lipinski definition) is 0. The Morgan fingerprint density at radius 1 is 0.266 bits per heavy atom. The van der Waals surface area contributed by atoms with Crippen LogP contribution in [0.5, 0.6) is 0 Å². The first-order valence-corrected chi connectivity index (χ1v) is 22.6. The lowest BCUT2D eigenvalue weighted by Crippen LogP contribution is -2.13. The summed E-state index contributed by atoms with van der Waals surface area (Å²) in [4.78, 5) is 4.77. The number of aromatic nitrogens is 1.